The maximum absolute atomic E-state index is 10.3. The molecule has 0 fully saturated rings. The molecule has 0 aliphatic heterocycles. The average Bonchev–Trinajstić information content (AvgIpc) is 2.82. The highest BCUT2D eigenvalue weighted by Crippen LogP contribution is 2.22. The molecule has 0 bridgehead atoms. The second kappa shape index (κ2) is 12.8. The van der Waals surface area contributed by atoms with Crippen LogP contribution in [-0.2, 0) is 24.4 Å². The molecule has 0 radical (unpaired) electrons. The van der Waals surface area contributed by atoms with E-state index >= 15 is 0 Å². The Morgan fingerprint density at radius 3 is 2.45 bits per heavy atom. The number of ether oxygens (including phenoxy) is 2. The van der Waals surface area contributed by atoms with E-state index in [2.05, 4.69) is 5.32 Å². The number of rotatable bonds is 13. The fourth-order valence-electron chi connectivity index (χ4n) is 3.34. The highest BCUT2D eigenvalue weighted by atomic mass is 16.5. The van der Waals surface area contributed by atoms with Gasteiger partial charge in [-0.1, -0.05) is 30.3 Å². The predicted molar refractivity (Wildman–Crippen MR) is 125 cm³/mol. The topological polar surface area (TPSA) is 111 Å². The number of aliphatic hydroxyl groups excluding tert-OH is 2. The molecule has 0 aliphatic carbocycles. The van der Waals surface area contributed by atoms with E-state index in [-0.39, 0.29) is 18.1 Å². The quantitative estimate of drug-likeness (QED) is 0.253. The fourth-order valence-corrected chi connectivity index (χ4v) is 3.34. The summed E-state index contributed by atoms with van der Waals surface area (Å²) >= 11 is 0. The van der Waals surface area contributed by atoms with Gasteiger partial charge in [-0.25, -0.2) is 0 Å². The van der Waals surface area contributed by atoms with Gasteiger partial charge in [0.15, 0.2) is 0 Å². The second-order valence-corrected chi connectivity index (χ2v) is 7.73. The smallest absolute Gasteiger partial charge is 0.121 e. The molecule has 0 saturated heterocycles. The van der Waals surface area contributed by atoms with Crippen molar-refractivity contribution in [3.8, 4) is 17.2 Å². The number of aliphatic hydroxyl groups is 2. The summed E-state index contributed by atoms with van der Waals surface area (Å²) in [5, 5.41) is 41.8. The molecule has 0 aromatic heterocycles. The van der Waals surface area contributed by atoms with Gasteiger partial charge in [0, 0.05) is 12.1 Å². The summed E-state index contributed by atoms with van der Waals surface area (Å²) in [6.07, 6.45) is 0.0822. The summed E-state index contributed by atoms with van der Waals surface area (Å²) in [6.45, 7) is 2.11. The van der Waals surface area contributed by atoms with Gasteiger partial charge in [-0.05, 0) is 66.1 Å². The Hall–Kier alpha value is -3.10. The van der Waals surface area contributed by atoms with Gasteiger partial charge < -0.3 is 35.2 Å². The van der Waals surface area contributed by atoms with E-state index in [1.165, 1.54) is 6.07 Å². The third-order valence-corrected chi connectivity index (χ3v) is 5.19. The molecule has 5 N–H and O–H groups in total. The van der Waals surface area contributed by atoms with Gasteiger partial charge in [-0.3, -0.25) is 0 Å². The van der Waals surface area contributed by atoms with Crippen LogP contribution in [0.4, 0.5) is 0 Å². The molecular weight excluding hydrogens is 422 g/mol. The van der Waals surface area contributed by atoms with Gasteiger partial charge >= 0.3 is 0 Å². The van der Waals surface area contributed by atoms with E-state index in [4.69, 9.17) is 9.47 Å². The zero-order valence-corrected chi connectivity index (χ0v) is 18.5. The summed E-state index contributed by atoms with van der Waals surface area (Å²) in [7, 11) is 0. The first-order valence-electron chi connectivity index (χ1n) is 10.9. The normalized spacial score (nSPS) is 11.9. The van der Waals surface area contributed by atoms with E-state index in [1.54, 1.807) is 30.3 Å². The maximum atomic E-state index is 10.3. The molecule has 0 heterocycles. The van der Waals surface area contributed by atoms with Crippen molar-refractivity contribution in [1.29, 1.82) is 0 Å². The van der Waals surface area contributed by atoms with Gasteiger partial charge in [0.25, 0.3) is 0 Å². The number of hydrogen-bond donors (Lipinski definition) is 5. The third kappa shape index (κ3) is 8.07. The van der Waals surface area contributed by atoms with Crippen LogP contribution in [0.3, 0.4) is 0 Å². The Kier molecular flexibility index (Phi) is 9.53. The van der Waals surface area contributed by atoms with Crippen LogP contribution in [0.5, 0.6) is 17.2 Å². The molecule has 0 spiro atoms. The molecule has 3 rings (SSSR count). The van der Waals surface area contributed by atoms with Gasteiger partial charge in [0.1, 0.15) is 23.9 Å². The molecule has 0 saturated carbocycles. The monoisotopic (exact) mass is 453 g/mol. The first-order valence-corrected chi connectivity index (χ1v) is 10.9. The minimum absolute atomic E-state index is 0.0229. The molecule has 7 nitrogen and oxygen atoms in total. The lowest BCUT2D eigenvalue weighted by molar-refractivity contribution is 0.0888. The van der Waals surface area contributed by atoms with Crippen molar-refractivity contribution in [1.82, 2.24) is 5.32 Å². The average molecular weight is 454 g/mol. The molecule has 0 aliphatic rings. The van der Waals surface area contributed by atoms with Crippen LogP contribution in [0.2, 0.25) is 0 Å². The van der Waals surface area contributed by atoms with Crippen LogP contribution < -0.4 is 10.1 Å². The van der Waals surface area contributed by atoms with Crippen molar-refractivity contribution in [2.24, 2.45) is 0 Å². The number of benzene rings is 3. The number of phenols is 2. The number of phenolic OH excluding ortho intramolecular Hbond substituents is 1. The molecule has 1 unspecified atom stereocenters. The fraction of sp³-hybridized carbons (Fsp3) is 0.308. The lowest BCUT2D eigenvalue weighted by Crippen LogP contribution is -2.23. The van der Waals surface area contributed by atoms with Gasteiger partial charge in [0.2, 0.25) is 0 Å². The third-order valence-electron chi connectivity index (χ3n) is 5.19. The zero-order valence-electron chi connectivity index (χ0n) is 18.5. The summed E-state index contributed by atoms with van der Waals surface area (Å²) in [5.74, 6) is 1.03. The van der Waals surface area contributed by atoms with Crippen LogP contribution >= 0.6 is 0 Å². The summed E-state index contributed by atoms with van der Waals surface area (Å²) < 4.78 is 11.3. The van der Waals surface area contributed by atoms with Crippen LogP contribution in [0.25, 0.3) is 0 Å². The Balaban J connectivity index is 1.31. The summed E-state index contributed by atoms with van der Waals surface area (Å²) in [6, 6.07) is 19.6. The van der Waals surface area contributed by atoms with Crippen molar-refractivity contribution < 1.29 is 29.9 Å². The van der Waals surface area contributed by atoms with E-state index in [0.717, 1.165) is 23.3 Å². The Morgan fingerprint density at radius 2 is 1.70 bits per heavy atom. The number of aromatic hydroxyl groups is 2. The Morgan fingerprint density at radius 1 is 0.879 bits per heavy atom. The van der Waals surface area contributed by atoms with Crippen LogP contribution in [0.1, 0.15) is 28.4 Å². The summed E-state index contributed by atoms with van der Waals surface area (Å²) in [4.78, 5) is 0. The SMILES string of the molecule is OCc1cc(C(O)CNCCc2ccc(OCCOCc3cccc(O)c3)cc2)ccc1O. The lowest BCUT2D eigenvalue weighted by Gasteiger charge is -2.14. The van der Waals surface area contributed by atoms with E-state index in [9.17, 15) is 20.4 Å². The standard InChI is InChI=1S/C26H31NO6/c28-17-22-15-21(6-9-25(22)30)26(31)16-27-11-10-19-4-7-24(8-5-19)33-13-12-32-18-20-2-1-3-23(29)14-20/h1-9,14-15,26-31H,10-13,16-18H2. The van der Waals surface area contributed by atoms with Crippen LogP contribution in [0, 0.1) is 0 Å². The molecule has 1 atom stereocenters. The number of hydrogen-bond acceptors (Lipinski definition) is 7. The van der Waals surface area contributed by atoms with Gasteiger partial charge in [-0.2, -0.15) is 0 Å². The Bertz CT molecular complexity index is 992. The molecule has 176 valence electrons. The first kappa shape index (κ1) is 24.5. The minimum Gasteiger partial charge on any atom is -0.508 e. The predicted octanol–water partition coefficient (Wildman–Crippen LogP) is 3.05. The molecule has 3 aromatic rings. The highest BCUT2D eigenvalue weighted by Gasteiger charge is 2.10. The number of nitrogens with one attached hydrogen (secondary N) is 1. The highest BCUT2D eigenvalue weighted by molar-refractivity contribution is 5.36. The first-order chi connectivity index (χ1) is 16.0. The van der Waals surface area contributed by atoms with Crippen LogP contribution in [-0.4, -0.2) is 46.7 Å². The van der Waals surface area contributed by atoms with Gasteiger partial charge in [0.05, 0.1) is 25.9 Å². The molecule has 7 heteroatoms. The zero-order chi connectivity index (χ0) is 23.5. The molecular formula is C26H31NO6. The van der Waals surface area contributed by atoms with Crippen molar-refractivity contribution in [2.75, 3.05) is 26.3 Å². The van der Waals surface area contributed by atoms with Crippen molar-refractivity contribution in [3.63, 3.8) is 0 Å². The largest absolute Gasteiger partial charge is 0.508 e. The second-order valence-electron chi connectivity index (χ2n) is 7.73. The van der Waals surface area contributed by atoms with E-state index in [0.29, 0.717) is 44.0 Å². The maximum Gasteiger partial charge on any atom is 0.121 e. The lowest BCUT2D eigenvalue weighted by atomic mass is 10.1. The van der Waals surface area contributed by atoms with Crippen LogP contribution in [0.15, 0.2) is 66.7 Å². The molecule has 3 aromatic carbocycles. The van der Waals surface area contributed by atoms with Gasteiger partial charge in [-0.15, -0.1) is 0 Å². The van der Waals surface area contributed by atoms with E-state index < -0.39 is 6.10 Å². The van der Waals surface area contributed by atoms with Crippen molar-refractivity contribution in [3.05, 3.63) is 89.0 Å². The Labute approximate surface area is 193 Å². The van der Waals surface area contributed by atoms with E-state index in [1.807, 2.05) is 30.3 Å². The molecule has 33 heavy (non-hydrogen) atoms. The molecule has 0 amide bonds. The van der Waals surface area contributed by atoms with Crippen molar-refractivity contribution in [2.45, 2.75) is 25.7 Å². The summed E-state index contributed by atoms with van der Waals surface area (Å²) in [5.41, 5.74) is 3.11. The minimum atomic E-state index is -0.721. The van der Waals surface area contributed by atoms with Crippen molar-refractivity contribution >= 4 is 0 Å².